The van der Waals surface area contributed by atoms with E-state index in [1.54, 1.807) is 72.3 Å². The van der Waals surface area contributed by atoms with Crippen LogP contribution >= 0.6 is 0 Å². The molecule has 0 saturated heterocycles. The van der Waals surface area contributed by atoms with Gasteiger partial charge in [0.2, 0.25) is 45.0 Å². The summed E-state index contributed by atoms with van der Waals surface area (Å²) < 4.78 is 147. The number of aromatic nitrogens is 4. The molecule has 8 bridgehead atoms. The van der Waals surface area contributed by atoms with E-state index in [1.807, 2.05) is 188 Å². The largest absolute Gasteiger partial charge is 0.503 e. The van der Waals surface area contributed by atoms with Crippen LogP contribution < -0.4 is 60.7 Å². The van der Waals surface area contributed by atoms with Crippen molar-refractivity contribution in [3.8, 4) is 46.0 Å². The number of nitrogens with zero attached hydrogens (tertiary/aromatic N) is 11. The number of hydrogen-bond donors (Lipinski definition) is 4. The number of amides is 3. The minimum atomic E-state index is -1.12. The molecular formula is C109H101F8N11O16. The van der Waals surface area contributed by atoms with Crippen LogP contribution in [0.25, 0.3) is 0 Å². The van der Waals surface area contributed by atoms with Gasteiger partial charge in [0, 0.05) is 83.8 Å². The maximum absolute atomic E-state index is 15.1. The van der Waals surface area contributed by atoms with Gasteiger partial charge in [0.1, 0.15) is 64.6 Å². The molecule has 0 aliphatic carbocycles. The Kier molecular flexibility index (Phi) is 28.6. The highest BCUT2D eigenvalue weighted by molar-refractivity contribution is 6.01. The Bertz CT molecular complexity index is 6470. The number of allylic oxidation sites excluding steroid dienone is 1. The molecule has 12 aromatic rings. The first-order valence-corrected chi connectivity index (χ1v) is 46.8. The maximum Gasteiger partial charge on any atom is 0.278 e. The van der Waals surface area contributed by atoms with Crippen molar-refractivity contribution in [2.24, 2.45) is 35.5 Å². The van der Waals surface area contributed by atoms with Gasteiger partial charge in [-0.05, 0) is 119 Å². The second kappa shape index (κ2) is 41.4. The number of ketones is 1. The van der Waals surface area contributed by atoms with Crippen molar-refractivity contribution >= 4 is 23.5 Å². The molecule has 1 unspecified atom stereocenters. The zero-order chi connectivity index (χ0) is 102. The fraction of sp³-hybridized carbons (Fsp3) is 0.266. The van der Waals surface area contributed by atoms with Crippen molar-refractivity contribution in [1.29, 1.82) is 0 Å². The van der Waals surface area contributed by atoms with E-state index in [1.165, 1.54) is 73.8 Å². The highest BCUT2D eigenvalue weighted by Crippen LogP contribution is 2.48. The molecule has 20 rings (SSSR count). The van der Waals surface area contributed by atoms with Gasteiger partial charge in [-0.25, -0.2) is 17.6 Å². The number of fused-ring (bicyclic) bond motifs is 20. The molecule has 35 heteroatoms. The number of halogens is 8. The summed E-state index contributed by atoms with van der Waals surface area (Å²) in [6.07, 6.45) is 19.5. The number of aromatic hydroxyl groups is 4. The zero-order valence-electron chi connectivity index (χ0n) is 79.2. The number of pyridine rings is 4. The molecule has 9 atom stereocenters. The lowest BCUT2D eigenvalue weighted by atomic mass is 9.78. The molecule has 744 valence electrons. The van der Waals surface area contributed by atoms with Gasteiger partial charge in [0.05, 0.1) is 24.2 Å². The van der Waals surface area contributed by atoms with Crippen molar-refractivity contribution in [2.45, 2.75) is 97.7 Å². The minimum Gasteiger partial charge on any atom is -0.503 e. The lowest BCUT2D eigenvalue weighted by Crippen LogP contribution is -2.58. The third kappa shape index (κ3) is 18.6. The molecule has 0 fully saturated rings. The number of carbonyl (C=O) groups excluding carboxylic acids is 4. The summed E-state index contributed by atoms with van der Waals surface area (Å²) in [5.41, 5.74) is 0.760. The summed E-state index contributed by atoms with van der Waals surface area (Å²) >= 11 is 0. The van der Waals surface area contributed by atoms with Crippen LogP contribution in [0, 0.1) is 82.0 Å². The smallest absolute Gasteiger partial charge is 0.278 e. The fourth-order valence-electron chi connectivity index (χ4n) is 19.8. The van der Waals surface area contributed by atoms with Crippen LogP contribution in [0.3, 0.4) is 0 Å². The van der Waals surface area contributed by atoms with Crippen molar-refractivity contribution in [3.05, 3.63) is 422 Å². The van der Waals surface area contributed by atoms with Crippen LogP contribution in [0.4, 0.5) is 35.1 Å². The lowest BCUT2D eigenvalue weighted by Gasteiger charge is -2.46. The Hall–Kier alpha value is -16.4. The summed E-state index contributed by atoms with van der Waals surface area (Å²) in [4.78, 5) is 109. The van der Waals surface area contributed by atoms with E-state index < -0.39 is 157 Å². The number of hydrogen-bond acceptors (Lipinski definition) is 20. The molecule has 27 nitrogen and oxygen atoms in total. The van der Waals surface area contributed by atoms with Gasteiger partial charge in [-0.3, -0.25) is 77.1 Å². The molecule has 8 aromatic carbocycles. The molecule has 4 N–H and O–H groups in total. The van der Waals surface area contributed by atoms with Gasteiger partial charge in [-0.15, -0.1) is 0 Å². The van der Waals surface area contributed by atoms with Gasteiger partial charge >= 0.3 is 0 Å². The van der Waals surface area contributed by atoms with E-state index >= 15 is 17.6 Å². The Morgan fingerprint density at radius 1 is 0.292 bits per heavy atom. The second-order valence-electron chi connectivity index (χ2n) is 36.9. The van der Waals surface area contributed by atoms with E-state index in [9.17, 15) is 76.3 Å². The second-order valence-corrected chi connectivity index (χ2v) is 36.9. The van der Waals surface area contributed by atoms with Crippen molar-refractivity contribution in [2.75, 3.05) is 73.0 Å². The number of benzene rings is 8. The third-order valence-electron chi connectivity index (χ3n) is 26.7. The first-order valence-electron chi connectivity index (χ1n) is 46.8. The highest BCUT2D eigenvalue weighted by Gasteiger charge is 2.48. The van der Waals surface area contributed by atoms with E-state index in [0.29, 0.717) is 38.9 Å². The predicted molar refractivity (Wildman–Crippen MR) is 519 cm³/mol. The first kappa shape index (κ1) is 99.2. The van der Waals surface area contributed by atoms with E-state index in [4.69, 9.17) is 18.9 Å². The van der Waals surface area contributed by atoms with Gasteiger partial charge in [-0.2, -0.15) is 17.6 Å². The van der Waals surface area contributed by atoms with Crippen LogP contribution in [0.15, 0.2) is 287 Å². The topological polar surface area (TPSA) is 297 Å². The molecular weight excluding hydrogens is 1870 g/mol. The van der Waals surface area contributed by atoms with E-state index in [2.05, 4.69) is 0 Å². The first-order chi connectivity index (χ1) is 69.2. The van der Waals surface area contributed by atoms with Gasteiger partial charge in [0.15, 0.2) is 97.8 Å². The van der Waals surface area contributed by atoms with Crippen molar-refractivity contribution in [1.82, 2.24) is 33.4 Å². The fourth-order valence-corrected chi connectivity index (χ4v) is 19.8. The average Bonchev–Trinajstić information content (AvgIpc) is 1.11. The number of carbonyl (C=O) groups is 4. The number of Topliss-reactive ketones (excluding diaryl/α,β-unsaturated/α-hetero) is 1. The Morgan fingerprint density at radius 2 is 0.535 bits per heavy atom. The SMILES string of the molecule is CC(C)[C@@H]1/C=C/COc2c(ccc(F)c2F)[C@@H](c2ccccc2)N2CC1C(=O)c1c(O)c(=O)ccn12.CC(C)[C@@H]1/C=C/COc2c(ccc(F)c2F)[C@H](c2ccccc2)N2CN1C(=O)c1c(O)c(=O)ccn12.CC(C)[C@H]1/C=C/COc2c(ccc(F)c2F)[C@@H](c2ccccc2)N2CN1C(=O)c1c(O)c(=O)ccn12.CC(C)[C@H]1/C=C/COc2c(ccc(F)c2F)[C@H](c2ccccc2)N2CN1C(=O)c1c(O)c(=O)ccn12. The number of ether oxygens (including phenoxy) is 4. The quantitative estimate of drug-likeness (QED) is 0.0811. The Labute approximate surface area is 820 Å². The van der Waals surface area contributed by atoms with Crippen LogP contribution in [-0.4, -0.2) is 148 Å². The van der Waals surface area contributed by atoms with Gasteiger partial charge < -0.3 is 54.1 Å². The summed E-state index contributed by atoms with van der Waals surface area (Å²) in [5, 5.41) is 49.9. The lowest BCUT2D eigenvalue weighted by molar-refractivity contribution is 0.0581. The van der Waals surface area contributed by atoms with Crippen LogP contribution in [-0.2, 0) is 0 Å². The molecule has 3 amide bonds. The zero-order valence-corrected chi connectivity index (χ0v) is 79.2. The molecule has 0 spiro atoms. The molecule has 144 heavy (non-hydrogen) atoms. The Morgan fingerprint density at radius 3 is 0.792 bits per heavy atom. The van der Waals surface area contributed by atoms with Crippen molar-refractivity contribution in [3.63, 3.8) is 0 Å². The normalized spacial score (nSPS) is 20.8. The summed E-state index contributed by atoms with van der Waals surface area (Å²) in [6, 6.07) is 46.9. The number of rotatable bonds is 8. The van der Waals surface area contributed by atoms with Crippen LogP contribution in [0.1, 0.15) is 166 Å². The molecule has 0 radical (unpaired) electrons. The summed E-state index contributed by atoms with van der Waals surface area (Å²) in [7, 11) is 0. The van der Waals surface area contributed by atoms with E-state index in [-0.39, 0.29) is 134 Å². The molecule has 4 aromatic heterocycles. The highest BCUT2D eigenvalue weighted by atomic mass is 19.2. The average molecular weight is 1970 g/mol. The van der Waals surface area contributed by atoms with Crippen LogP contribution in [0.5, 0.6) is 46.0 Å². The van der Waals surface area contributed by atoms with Gasteiger partial charge in [-0.1, -0.05) is 207 Å². The molecule has 8 aliphatic heterocycles. The maximum atomic E-state index is 15.1. The van der Waals surface area contributed by atoms with Crippen LogP contribution in [0.2, 0.25) is 0 Å². The predicted octanol–water partition coefficient (Wildman–Crippen LogP) is 16.4. The Balaban J connectivity index is 0.000000132. The minimum absolute atomic E-state index is 0.0188. The summed E-state index contributed by atoms with van der Waals surface area (Å²) in [6.45, 7) is 15.8. The monoisotopic (exact) mass is 1970 g/mol. The van der Waals surface area contributed by atoms with Crippen molar-refractivity contribution < 1.29 is 93.7 Å². The summed E-state index contributed by atoms with van der Waals surface area (Å²) in [5.74, 6) is -15.1. The van der Waals surface area contributed by atoms with E-state index in [0.717, 1.165) is 48.0 Å². The van der Waals surface area contributed by atoms with Gasteiger partial charge in [0.25, 0.3) is 17.7 Å². The standard InChI is InChI=1S/C28H26F2N2O4.3C27H25F2N3O4/c1-16(2)18-9-6-14-36-28-19(10-11-21(29)23(28)30)24(17-7-4-3-5-8-17)32-15-20(18)26(34)25-27(35)22(33)12-13-31(25)32;3*1-16(2)20-9-6-14-36-26-18(10-11-19(28)22(26)29)23(17-7-4-3-5-8-17)32-15-30(20)27(35)24-25(34)21(33)12-13-31(24)32/h3-13,16,18,20,24,35H,14-15H2,1-2H3;3*3-13,16,20,23,34H,14-15H2,1-2H3/b4*9-6+/t18-,20?,24+;20-,23+;2*20-,23-/m0110/s1. The third-order valence-corrected chi connectivity index (χ3v) is 26.7. The molecule has 8 aliphatic rings. The molecule has 0 saturated carbocycles. The molecule has 12 heterocycles.